The van der Waals surface area contributed by atoms with Crippen molar-refractivity contribution in [3.05, 3.63) is 77.8 Å². The minimum Gasteiger partial charge on any atom is -0.273 e. The molecule has 0 unspecified atom stereocenters. The summed E-state index contributed by atoms with van der Waals surface area (Å²) in [7, 11) is -3.65. The zero-order valence-electron chi connectivity index (χ0n) is 17.2. The maximum atomic E-state index is 12.9. The maximum absolute atomic E-state index is 12.9. The first-order valence-corrected chi connectivity index (χ1v) is 12.2. The highest BCUT2D eigenvalue weighted by Gasteiger charge is 2.17. The minimum absolute atomic E-state index is 0.107. The van der Waals surface area contributed by atoms with Crippen LogP contribution in [0.15, 0.2) is 76.4 Å². The number of para-hydroxylation sites is 1. The van der Waals surface area contributed by atoms with Gasteiger partial charge in [-0.15, -0.1) is 11.3 Å². The van der Waals surface area contributed by atoms with E-state index in [0.29, 0.717) is 27.9 Å². The van der Waals surface area contributed by atoms with Gasteiger partial charge in [-0.3, -0.25) is 25.4 Å². The second-order valence-electron chi connectivity index (χ2n) is 6.87. The van der Waals surface area contributed by atoms with Crippen LogP contribution in [0.3, 0.4) is 0 Å². The van der Waals surface area contributed by atoms with Crippen LogP contribution in [-0.4, -0.2) is 36.7 Å². The number of pyridine rings is 2. The maximum Gasteiger partial charge on any atom is 0.270 e. The average Bonchev–Trinajstić information content (AvgIpc) is 3.38. The number of fused-ring (bicyclic) bond motifs is 1. The van der Waals surface area contributed by atoms with Crippen molar-refractivity contribution in [1.29, 1.82) is 0 Å². The van der Waals surface area contributed by atoms with Crippen LogP contribution in [0.2, 0.25) is 0 Å². The summed E-state index contributed by atoms with van der Waals surface area (Å²) in [5, 5.41) is 2.27. The van der Waals surface area contributed by atoms with Gasteiger partial charge in [0, 0.05) is 24.5 Å². The number of nitrogens with zero attached hydrogens (tertiary/aromatic N) is 2. The number of rotatable bonds is 7. The third-order valence-electron chi connectivity index (χ3n) is 4.61. The largest absolute Gasteiger partial charge is 0.273 e. The number of nitrogens with one attached hydrogen (secondary N) is 3. The lowest BCUT2D eigenvalue weighted by Gasteiger charge is -2.11. The van der Waals surface area contributed by atoms with E-state index >= 15 is 0 Å². The fourth-order valence-electron chi connectivity index (χ4n) is 3.05. The zero-order chi connectivity index (χ0) is 23.3. The highest BCUT2D eigenvalue weighted by Crippen LogP contribution is 2.23. The number of hydrogen-bond acceptors (Lipinski definition) is 7. The van der Waals surface area contributed by atoms with E-state index in [1.807, 2.05) is 12.1 Å². The van der Waals surface area contributed by atoms with Crippen LogP contribution >= 0.6 is 11.3 Å². The molecule has 4 aromatic rings. The molecule has 0 atom stereocenters. The predicted molar refractivity (Wildman–Crippen MR) is 125 cm³/mol. The first kappa shape index (κ1) is 22.5. The molecule has 0 aliphatic heterocycles. The van der Waals surface area contributed by atoms with Gasteiger partial charge in [0.05, 0.1) is 22.5 Å². The summed E-state index contributed by atoms with van der Waals surface area (Å²) in [5.41, 5.74) is 6.77. The molecule has 11 heteroatoms. The summed E-state index contributed by atoms with van der Waals surface area (Å²) >= 11 is 1.08. The molecule has 9 nitrogen and oxygen atoms in total. The lowest BCUT2D eigenvalue weighted by molar-refractivity contribution is -0.121. The Morgan fingerprint density at radius 1 is 0.939 bits per heavy atom. The number of carbonyl (C=O) groups is 2. The van der Waals surface area contributed by atoms with Crippen molar-refractivity contribution >= 4 is 44.1 Å². The van der Waals surface area contributed by atoms with Crippen molar-refractivity contribution in [1.82, 2.24) is 25.5 Å². The van der Waals surface area contributed by atoms with Crippen molar-refractivity contribution in [2.24, 2.45) is 0 Å². The quantitative estimate of drug-likeness (QED) is 0.348. The number of aromatic nitrogens is 2. The molecule has 0 saturated heterocycles. The van der Waals surface area contributed by atoms with Crippen molar-refractivity contribution in [3.63, 3.8) is 0 Å². The van der Waals surface area contributed by atoms with Gasteiger partial charge in [0.2, 0.25) is 15.9 Å². The minimum atomic E-state index is -3.65. The summed E-state index contributed by atoms with van der Waals surface area (Å²) in [6.45, 7) is -0.107. The van der Waals surface area contributed by atoms with Crippen molar-refractivity contribution < 1.29 is 18.0 Å². The number of hydrogen-bond donors (Lipinski definition) is 3. The fraction of sp³-hybridized carbons (Fsp3) is 0.0909. The Balaban J connectivity index is 1.42. The molecule has 3 aromatic heterocycles. The highest BCUT2D eigenvalue weighted by atomic mass is 32.2. The molecular formula is C22H19N5O4S2. The molecule has 33 heavy (non-hydrogen) atoms. The summed E-state index contributed by atoms with van der Waals surface area (Å²) in [5.74, 6) is -1.07. The molecule has 0 fully saturated rings. The molecule has 3 N–H and O–H groups in total. The standard InChI is InChI=1S/C22H19N5O4S2/c28-20(10-12-24-33(30,31)21-9-5-13-32-21)26-27-22(29)16-14-19(18-8-3-4-11-23-18)25-17-7-2-1-6-15(16)17/h1-9,11,13-14,24H,10,12H2,(H,26,28)(H,27,29). The third kappa shape index (κ3) is 5.40. The lowest BCUT2D eigenvalue weighted by atomic mass is 10.1. The van der Waals surface area contributed by atoms with Crippen LogP contribution in [0.25, 0.3) is 22.3 Å². The summed E-state index contributed by atoms with van der Waals surface area (Å²) in [4.78, 5) is 33.8. The number of sulfonamides is 1. The summed E-state index contributed by atoms with van der Waals surface area (Å²) in [6.07, 6.45) is 1.49. The molecule has 0 spiro atoms. The Hall–Kier alpha value is -3.67. The molecule has 0 aliphatic rings. The molecule has 0 bridgehead atoms. The molecule has 0 radical (unpaired) electrons. The zero-order valence-corrected chi connectivity index (χ0v) is 18.8. The van der Waals surface area contributed by atoms with Gasteiger partial charge in [-0.2, -0.15) is 0 Å². The van der Waals surface area contributed by atoms with E-state index in [1.54, 1.807) is 54.0 Å². The average molecular weight is 482 g/mol. The second kappa shape index (κ2) is 9.86. The van der Waals surface area contributed by atoms with Gasteiger partial charge >= 0.3 is 0 Å². The number of hydrazine groups is 1. The predicted octanol–water partition coefficient (Wildman–Crippen LogP) is 2.49. The van der Waals surface area contributed by atoms with Gasteiger partial charge in [-0.1, -0.05) is 30.3 Å². The van der Waals surface area contributed by atoms with Gasteiger partial charge in [-0.25, -0.2) is 18.1 Å². The Labute approximate surface area is 193 Å². The number of benzene rings is 1. The number of carbonyl (C=O) groups excluding carboxylic acids is 2. The SMILES string of the molecule is O=C(CCNS(=O)(=O)c1cccs1)NNC(=O)c1cc(-c2ccccn2)nc2ccccc12. The van der Waals surface area contributed by atoms with Crippen molar-refractivity contribution in [3.8, 4) is 11.4 Å². The van der Waals surface area contributed by atoms with E-state index < -0.39 is 21.8 Å². The van der Waals surface area contributed by atoms with Crippen LogP contribution in [-0.2, 0) is 14.8 Å². The molecule has 0 saturated carbocycles. The second-order valence-corrected chi connectivity index (χ2v) is 9.81. The first-order chi connectivity index (χ1) is 15.9. The van der Waals surface area contributed by atoms with E-state index in [2.05, 4.69) is 25.5 Å². The van der Waals surface area contributed by atoms with E-state index in [1.165, 1.54) is 6.07 Å². The smallest absolute Gasteiger partial charge is 0.270 e. The fourth-order valence-corrected chi connectivity index (χ4v) is 5.12. The van der Waals surface area contributed by atoms with Gasteiger partial charge < -0.3 is 0 Å². The van der Waals surface area contributed by atoms with Crippen LogP contribution in [0.1, 0.15) is 16.8 Å². The summed E-state index contributed by atoms with van der Waals surface area (Å²) in [6, 6.07) is 17.3. The normalized spacial score (nSPS) is 11.3. The summed E-state index contributed by atoms with van der Waals surface area (Å²) < 4.78 is 26.7. The first-order valence-electron chi connectivity index (χ1n) is 9.87. The lowest BCUT2D eigenvalue weighted by Crippen LogP contribution is -2.42. The molecule has 4 rings (SSSR count). The highest BCUT2D eigenvalue weighted by molar-refractivity contribution is 7.91. The molecule has 1 aromatic carbocycles. The van der Waals surface area contributed by atoms with Crippen LogP contribution in [0.4, 0.5) is 0 Å². The molecule has 0 aliphatic carbocycles. The Kier molecular flexibility index (Phi) is 6.73. The Morgan fingerprint density at radius 2 is 1.76 bits per heavy atom. The Morgan fingerprint density at radius 3 is 2.52 bits per heavy atom. The van der Waals surface area contributed by atoms with E-state index in [4.69, 9.17) is 0 Å². The van der Waals surface area contributed by atoms with Crippen molar-refractivity contribution in [2.45, 2.75) is 10.6 Å². The number of amides is 2. The van der Waals surface area contributed by atoms with E-state index in [9.17, 15) is 18.0 Å². The van der Waals surface area contributed by atoms with Gasteiger partial charge in [-0.05, 0) is 35.7 Å². The number of thiophene rings is 1. The van der Waals surface area contributed by atoms with Gasteiger partial charge in [0.1, 0.15) is 4.21 Å². The molecule has 2 amide bonds. The van der Waals surface area contributed by atoms with Crippen molar-refractivity contribution in [2.75, 3.05) is 6.54 Å². The van der Waals surface area contributed by atoms with Crippen LogP contribution in [0.5, 0.6) is 0 Å². The molecular weight excluding hydrogens is 462 g/mol. The topological polar surface area (TPSA) is 130 Å². The monoisotopic (exact) mass is 481 g/mol. The van der Waals surface area contributed by atoms with Crippen LogP contribution < -0.4 is 15.6 Å². The third-order valence-corrected chi connectivity index (χ3v) is 7.47. The van der Waals surface area contributed by atoms with Gasteiger partial charge in [0.25, 0.3) is 5.91 Å². The van der Waals surface area contributed by atoms with Crippen LogP contribution in [0, 0.1) is 0 Å². The Bertz CT molecular complexity index is 1390. The molecule has 168 valence electrons. The van der Waals surface area contributed by atoms with E-state index in [0.717, 1.165) is 11.3 Å². The van der Waals surface area contributed by atoms with Gasteiger partial charge in [0.15, 0.2) is 0 Å². The van der Waals surface area contributed by atoms with E-state index in [-0.39, 0.29) is 17.2 Å². The molecule has 3 heterocycles.